The maximum absolute atomic E-state index is 17.1. The van der Waals surface area contributed by atoms with E-state index in [1.54, 1.807) is 23.9 Å². The summed E-state index contributed by atoms with van der Waals surface area (Å²) in [6, 6.07) is 11.4. The van der Waals surface area contributed by atoms with Gasteiger partial charge in [-0.3, -0.25) is 29.5 Å². The number of aliphatic hydroxyl groups is 1. The number of β-amino-alcohol motifs (C(OH)–C–C–N with tert-alkyl or cyclic N) is 1. The van der Waals surface area contributed by atoms with Crippen LogP contribution >= 0.6 is 0 Å². The molecule has 4 saturated heterocycles. The van der Waals surface area contributed by atoms with Crippen molar-refractivity contribution in [1.29, 1.82) is 0 Å². The number of imide groups is 1. The zero-order valence-electron chi connectivity index (χ0n) is 39.7. The summed E-state index contributed by atoms with van der Waals surface area (Å²) in [6.45, 7) is 10.1. The van der Waals surface area contributed by atoms with Crippen molar-refractivity contribution in [3.8, 4) is 23.0 Å². The standard InChI is InChI=1S/C52H59F3N10O5/c1-3-36-39(53)7-5-32-24-35(66)25-37(43(32)36)45-44(54)46-38(27-56-45)47(64-16-4-11-50(2,69)28-64)60-49(59-46)70-31-51(12-13-51)29-61-17-14-52(55,15-18-61)30-62-19-21-63(22-20-62)34-6-8-40-33(23-34)26-57-65(40)41-9-10-42(67)58-48(41)68/h5-8,23-27,41,66,69H,3-4,9-22,28-31H2,1-2H3,(H,58,67,68)/t41?,50-/m1/s1. The SMILES string of the molecule is CCc1c(F)ccc2cc(O)cc(-c3ncc4c(N5CCC[C@@](C)(O)C5)nc(OCC5(CN6CCC(F)(CN7CCN(c8ccc9c(cnn9C9CCC(=O)NC9=O)c8)CC7)CC6)CC5)nc4c3F)c12. The number of aryl methyl sites for hydroxylation is 1. The summed E-state index contributed by atoms with van der Waals surface area (Å²) in [5.41, 5.74) is -0.0410. The van der Waals surface area contributed by atoms with Crippen LogP contribution in [0.15, 0.2) is 54.9 Å². The minimum atomic E-state index is -1.29. The third-order valence-corrected chi connectivity index (χ3v) is 15.5. The van der Waals surface area contributed by atoms with Crippen LogP contribution in [0.4, 0.5) is 24.7 Å². The number of amides is 2. The molecule has 18 heteroatoms. The number of aromatic hydroxyl groups is 1. The number of hydrogen-bond donors (Lipinski definition) is 3. The van der Waals surface area contributed by atoms with Crippen molar-refractivity contribution >= 4 is 55.9 Å². The van der Waals surface area contributed by atoms with Gasteiger partial charge in [0.1, 0.15) is 40.3 Å². The number of fused-ring (bicyclic) bond motifs is 3. The number of piperidine rings is 3. The average molecular weight is 961 g/mol. The number of carbonyl (C=O) groups excluding carboxylic acids is 2. The van der Waals surface area contributed by atoms with Crippen LogP contribution in [0.2, 0.25) is 0 Å². The molecule has 15 nitrogen and oxygen atoms in total. The molecule has 3 aromatic carbocycles. The maximum Gasteiger partial charge on any atom is 0.319 e. The number of nitrogens with zero attached hydrogens (tertiary/aromatic N) is 9. The van der Waals surface area contributed by atoms with Crippen LogP contribution in [0.5, 0.6) is 11.8 Å². The molecule has 6 aromatic rings. The van der Waals surface area contributed by atoms with Gasteiger partial charge in [-0.1, -0.05) is 13.0 Å². The summed E-state index contributed by atoms with van der Waals surface area (Å²) < 4.78 is 57.0. The molecule has 7 heterocycles. The van der Waals surface area contributed by atoms with E-state index < -0.39 is 28.9 Å². The Labute approximate surface area is 403 Å². The Morgan fingerprint density at radius 2 is 1.66 bits per heavy atom. The Kier molecular flexibility index (Phi) is 11.9. The Balaban J connectivity index is 0.741. The number of pyridine rings is 1. The van der Waals surface area contributed by atoms with Crippen molar-refractivity contribution in [3.63, 3.8) is 0 Å². The molecule has 1 saturated carbocycles. The molecule has 0 bridgehead atoms. The van der Waals surface area contributed by atoms with E-state index in [0.717, 1.165) is 62.2 Å². The highest BCUT2D eigenvalue weighted by molar-refractivity contribution is 6.02. The van der Waals surface area contributed by atoms with Crippen molar-refractivity contribution in [2.45, 2.75) is 88.9 Å². The molecule has 2 atom stereocenters. The van der Waals surface area contributed by atoms with Gasteiger partial charge in [0.2, 0.25) is 5.91 Å². The quantitative estimate of drug-likeness (QED) is 0.109. The first kappa shape index (κ1) is 46.3. The number of hydrogen-bond acceptors (Lipinski definition) is 13. The summed E-state index contributed by atoms with van der Waals surface area (Å²) in [4.78, 5) is 47.0. The van der Waals surface area contributed by atoms with E-state index in [4.69, 9.17) is 9.72 Å². The molecule has 1 aliphatic carbocycles. The predicted molar refractivity (Wildman–Crippen MR) is 260 cm³/mol. The summed E-state index contributed by atoms with van der Waals surface area (Å²) >= 11 is 0. The number of phenolic OH excluding ortho intramolecular Hbond substituents is 1. The minimum Gasteiger partial charge on any atom is -0.508 e. The fourth-order valence-corrected chi connectivity index (χ4v) is 11.4. The highest BCUT2D eigenvalue weighted by Gasteiger charge is 2.47. The van der Waals surface area contributed by atoms with Crippen molar-refractivity contribution in [1.82, 2.24) is 39.8 Å². The van der Waals surface area contributed by atoms with Gasteiger partial charge in [0.05, 0.1) is 29.3 Å². The number of piperazine rings is 1. The minimum absolute atomic E-state index is 0.000870. The van der Waals surface area contributed by atoms with E-state index in [1.165, 1.54) is 24.4 Å². The molecule has 5 aliphatic rings. The van der Waals surface area contributed by atoms with Gasteiger partial charge in [-0.15, -0.1) is 0 Å². The Morgan fingerprint density at radius 1 is 0.871 bits per heavy atom. The van der Waals surface area contributed by atoms with Gasteiger partial charge in [0, 0.05) is 100 Å². The van der Waals surface area contributed by atoms with Gasteiger partial charge < -0.3 is 29.6 Å². The molecule has 368 valence electrons. The number of phenols is 1. The Hall–Kier alpha value is -6.11. The van der Waals surface area contributed by atoms with Crippen LogP contribution in [0.3, 0.4) is 0 Å². The van der Waals surface area contributed by atoms with Crippen molar-refractivity contribution in [3.05, 3.63) is 72.1 Å². The third-order valence-electron chi connectivity index (χ3n) is 15.5. The lowest BCUT2D eigenvalue weighted by Gasteiger charge is -2.43. The van der Waals surface area contributed by atoms with Crippen molar-refractivity contribution < 1.29 is 37.7 Å². The lowest BCUT2D eigenvalue weighted by molar-refractivity contribution is -0.135. The maximum atomic E-state index is 17.1. The van der Waals surface area contributed by atoms with Crippen LogP contribution < -0.4 is 19.9 Å². The Morgan fingerprint density at radius 3 is 2.40 bits per heavy atom. The number of aromatic nitrogens is 5. The molecule has 70 heavy (non-hydrogen) atoms. The topological polar surface area (TPSA) is 165 Å². The van der Waals surface area contributed by atoms with Crippen molar-refractivity contribution in [2.24, 2.45) is 5.41 Å². The number of alkyl halides is 1. The molecule has 3 N–H and O–H groups in total. The highest BCUT2D eigenvalue weighted by atomic mass is 19.1. The second-order valence-corrected chi connectivity index (χ2v) is 20.8. The lowest BCUT2D eigenvalue weighted by atomic mass is 9.91. The first-order valence-corrected chi connectivity index (χ1v) is 24.8. The average Bonchev–Trinajstić information content (AvgIpc) is 3.98. The Bertz CT molecular complexity index is 3020. The summed E-state index contributed by atoms with van der Waals surface area (Å²) in [5.74, 6) is -1.47. The number of rotatable bonds is 12. The first-order valence-electron chi connectivity index (χ1n) is 24.8. The van der Waals surface area contributed by atoms with E-state index in [2.05, 4.69) is 41.1 Å². The van der Waals surface area contributed by atoms with Crippen LogP contribution in [0, 0.1) is 17.0 Å². The number of halogens is 3. The summed E-state index contributed by atoms with van der Waals surface area (Å²) in [6.07, 6.45) is 8.34. The van der Waals surface area contributed by atoms with Gasteiger partial charge in [-0.2, -0.15) is 15.1 Å². The van der Waals surface area contributed by atoms with Gasteiger partial charge in [-0.25, -0.2) is 13.2 Å². The zero-order valence-corrected chi connectivity index (χ0v) is 39.7. The first-order chi connectivity index (χ1) is 33.7. The van der Waals surface area contributed by atoms with Crippen molar-refractivity contribution in [2.75, 3.05) is 81.9 Å². The van der Waals surface area contributed by atoms with Gasteiger partial charge in [0.15, 0.2) is 5.82 Å². The smallest absolute Gasteiger partial charge is 0.319 e. The number of nitrogens with one attached hydrogen (secondary N) is 1. The van der Waals surface area contributed by atoms with Crippen LogP contribution in [0.25, 0.3) is 43.8 Å². The fourth-order valence-electron chi connectivity index (χ4n) is 11.4. The predicted octanol–water partition coefficient (Wildman–Crippen LogP) is 6.86. The number of ether oxygens (including phenoxy) is 1. The molecule has 4 aliphatic heterocycles. The molecular weight excluding hydrogens is 902 g/mol. The fraction of sp³-hybridized carbons (Fsp3) is 0.500. The monoisotopic (exact) mass is 960 g/mol. The summed E-state index contributed by atoms with van der Waals surface area (Å²) in [5, 5.41) is 31.0. The van der Waals surface area contributed by atoms with Gasteiger partial charge in [-0.05, 0) is 111 Å². The molecule has 3 aromatic heterocycles. The third kappa shape index (κ3) is 8.98. The lowest BCUT2D eigenvalue weighted by Crippen LogP contribution is -2.54. The number of anilines is 2. The number of likely N-dealkylation sites (tertiary alicyclic amines) is 1. The highest BCUT2D eigenvalue weighted by Crippen LogP contribution is 2.48. The van der Waals surface area contributed by atoms with Crippen LogP contribution in [0.1, 0.15) is 76.8 Å². The zero-order chi connectivity index (χ0) is 48.5. The van der Waals surface area contributed by atoms with E-state index in [-0.39, 0.29) is 58.7 Å². The molecule has 1 unspecified atom stereocenters. The van der Waals surface area contributed by atoms with E-state index in [0.29, 0.717) is 98.9 Å². The molecular formula is C52H59F3N10O5. The van der Waals surface area contributed by atoms with E-state index in [9.17, 15) is 19.8 Å². The van der Waals surface area contributed by atoms with Gasteiger partial charge >= 0.3 is 6.01 Å². The second kappa shape index (κ2) is 17.9. The normalized spacial score (nSPS) is 23.1. The second-order valence-electron chi connectivity index (χ2n) is 20.8. The molecule has 5 fully saturated rings. The molecule has 11 rings (SSSR count). The molecule has 2 amide bonds. The number of carbonyl (C=O) groups is 2. The van der Waals surface area contributed by atoms with E-state index in [1.807, 2.05) is 24.0 Å². The van der Waals surface area contributed by atoms with Gasteiger partial charge in [0.25, 0.3) is 5.91 Å². The van der Waals surface area contributed by atoms with E-state index >= 15 is 13.2 Å². The molecule has 0 spiro atoms. The largest absolute Gasteiger partial charge is 0.508 e. The summed E-state index contributed by atoms with van der Waals surface area (Å²) in [7, 11) is 0. The number of benzene rings is 3. The van der Waals surface area contributed by atoms with Crippen LogP contribution in [-0.2, 0) is 16.0 Å². The van der Waals surface area contributed by atoms with Crippen LogP contribution in [-0.4, -0.2) is 140 Å². The molecule has 0 radical (unpaired) electrons.